The van der Waals surface area contributed by atoms with Crippen LogP contribution in [0.4, 0.5) is 19.0 Å². The van der Waals surface area contributed by atoms with Gasteiger partial charge >= 0.3 is 0 Å². The Morgan fingerprint density at radius 2 is 2.03 bits per heavy atom. The van der Waals surface area contributed by atoms with E-state index < -0.39 is 33.6 Å². The molecular formula is C23H21F3N6O2S. The number of benzene rings is 1. The third kappa shape index (κ3) is 4.64. The molecule has 0 fully saturated rings. The summed E-state index contributed by atoms with van der Waals surface area (Å²) in [6.45, 7) is 1.61. The second-order valence-corrected chi connectivity index (χ2v) is 10.6. The molecule has 3 heterocycles. The summed E-state index contributed by atoms with van der Waals surface area (Å²) in [5.41, 5.74) is 0.392. The third-order valence-electron chi connectivity index (χ3n) is 5.95. The molecule has 12 heteroatoms. The minimum Gasteiger partial charge on any atom is -0.363 e. The van der Waals surface area contributed by atoms with Crippen molar-refractivity contribution in [1.82, 2.24) is 14.5 Å². The summed E-state index contributed by atoms with van der Waals surface area (Å²) in [7, 11) is -1.11. The van der Waals surface area contributed by atoms with E-state index in [1.54, 1.807) is 32.3 Å². The lowest BCUT2D eigenvalue weighted by molar-refractivity contribution is 0.146. The number of aromatic nitrogens is 3. The molecule has 0 radical (unpaired) electrons. The van der Waals surface area contributed by atoms with Gasteiger partial charge in [0.25, 0.3) is 12.0 Å². The first-order chi connectivity index (χ1) is 16.6. The van der Waals surface area contributed by atoms with Gasteiger partial charge in [0.1, 0.15) is 23.6 Å². The van der Waals surface area contributed by atoms with Gasteiger partial charge in [-0.05, 0) is 25.0 Å². The quantitative estimate of drug-likeness (QED) is 0.520. The van der Waals surface area contributed by atoms with Gasteiger partial charge in [-0.2, -0.15) is 5.26 Å². The number of allylic oxidation sites excluding steroid dienone is 1. The van der Waals surface area contributed by atoms with Crippen LogP contribution < -0.4 is 10.9 Å². The number of halogens is 3. The van der Waals surface area contributed by atoms with Crippen molar-refractivity contribution in [2.45, 2.75) is 25.8 Å². The first-order valence-electron chi connectivity index (χ1n) is 10.6. The van der Waals surface area contributed by atoms with Crippen molar-refractivity contribution >= 4 is 32.2 Å². The van der Waals surface area contributed by atoms with E-state index in [2.05, 4.69) is 19.6 Å². The molecule has 4 rings (SSSR count). The highest BCUT2D eigenvalue weighted by atomic mass is 32.2. The molecule has 0 spiro atoms. The van der Waals surface area contributed by atoms with Gasteiger partial charge in [-0.15, -0.1) is 4.36 Å². The van der Waals surface area contributed by atoms with Crippen LogP contribution >= 0.6 is 0 Å². The Labute approximate surface area is 199 Å². The van der Waals surface area contributed by atoms with Crippen LogP contribution in [0.15, 0.2) is 45.8 Å². The molecule has 0 amide bonds. The number of aryl methyl sites for hydroxylation is 1. The molecule has 1 N–H and O–H groups in total. The number of anilines is 1. The first kappa shape index (κ1) is 24.4. The summed E-state index contributed by atoms with van der Waals surface area (Å²) >= 11 is 0. The van der Waals surface area contributed by atoms with Crippen LogP contribution in [0.5, 0.6) is 0 Å². The molecule has 1 aliphatic rings. The van der Waals surface area contributed by atoms with Gasteiger partial charge in [0, 0.05) is 23.9 Å². The van der Waals surface area contributed by atoms with E-state index in [0.29, 0.717) is 34.4 Å². The highest BCUT2D eigenvalue weighted by molar-refractivity contribution is 7.93. The number of nitrogens with one attached hydrogen (secondary N) is 1. The monoisotopic (exact) mass is 502 g/mol. The van der Waals surface area contributed by atoms with Crippen LogP contribution in [0.25, 0.3) is 16.6 Å². The Morgan fingerprint density at radius 3 is 2.69 bits per heavy atom. The Morgan fingerprint density at radius 1 is 1.29 bits per heavy atom. The summed E-state index contributed by atoms with van der Waals surface area (Å²) in [5.74, 6) is -0.487. The minimum atomic E-state index is -2.95. The van der Waals surface area contributed by atoms with E-state index in [4.69, 9.17) is 5.26 Å². The van der Waals surface area contributed by atoms with Crippen LogP contribution in [0, 0.1) is 17.3 Å². The Hall–Kier alpha value is -3.72. The maximum atomic E-state index is 14.7. The standard InChI is InChI=1S/C23H21F3N6O2S/c1-13(15-4-3-5-16(19(15)24)20(25)26)31-21-18-10-17(23(33)32(2)22(18)29-12-28-21)14-6-8-35(34,9-7-14)30-11-27/h3-6,10,12-13,20H,7-9H2,1-2H3,(H,28,29,31). The fraction of sp³-hybridized carbons (Fsp3) is 0.304. The average molecular weight is 503 g/mol. The molecule has 1 aromatic carbocycles. The van der Waals surface area contributed by atoms with Crippen LogP contribution in [-0.2, 0) is 16.8 Å². The molecule has 8 nitrogen and oxygen atoms in total. The van der Waals surface area contributed by atoms with Gasteiger partial charge in [-0.3, -0.25) is 9.36 Å². The van der Waals surface area contributed by atoms with Gasteiger partial charge in [0.15, 0.2) is 0 Å². The number of pyridine rings is 1. The van der Waals surface area contributed by atoms with Crippen LogP contribution in [0.1, 0.15) is 42.5 Å². The van der Waals surface area contributed by atoms with Crippen molar-refractivity contribution in [3.05, 3.63) is 69.5 Å². The lowest BCUT2D eigenvalue weighted by atomic mass is 10.0. The Balaban J connectivity index is 1.77. The smallest absolute Gasteiger partial charge is 0.266 e. The molecule has 1 aliphatic heterocycles. The zero-order valence-corrected chi connectivity index (χ0v) is 19.7. The SMILES string of the molecule is CC(Nc1ncnc2c1cc(C1=CCS(=O)(=NC#N)CC1)c(=O)n2C)c1cccc(C(F)F)c1F. The van der Waals surface area contributed by atoms with E-state index in [1.807, 2.05) is 0 Å². The molecule has 0 saturated carbocycles. The Kier molecular flexibility index (Phi) is 6.62. The predicted octanol–water partition coefficient (Wildman–Crippen LogP) is 4.31. The second-order valence-electron chi connectivity index (χ2n) is 8.11. The zero-order valence-electron chi connectivity index (χ0n) is 18.8. The number of nitriles is 1. The van der Waals surface area contributed by atoms with Crippen molar-refractivity contribution in [3.8, 4) is 6.19 Å². The molecule has 2 atom stereocenters. The van der Waals surface area contributed by atoms with Gasteiger partial charge < -0.3 is 5.32 Å². The lowest BCUT2D eigenvalue weighted by Gasteiger charge is -2.20. The lowest BCUT2D eigenvalue weighted by Crippen LogP contribution is -2.24. The van der Waals surface area contributed by atoms with E-state index in [0.717, 1.165) is 6.07 Å². The van der Waals surface area contributed by atoms with Gasteiger partial charge in [-0.1, -0.05) is 24.3 Å². The van der Waals surface area contributed by atoms with E-state index in [1.165, 1.54) is 23.0 Å². The first-order valence-corrected chi connectivity index (χ1v) is 12.5. The van der Waals surface area contributed by atoms with Crippen LogP contribution in [0.2, 0.25) is 0 Å². The highest BCUT2D eigenvalue weighted by Gasteiger charge is 2.23. The van der Waals surface area contributed by atoms with Gasteiger partial charge in [-0.25, -0.2) is 27.3 Å². The van der Waals surface area contributed by atoms with Crippen molar-refractivity contribution in [1.29, 1.82) is 5.26 Å². The number of alkyl halides is 2. The fourth-order valence-electron chi connectivity index (χ4n) is 4.06. The summed E-state index contributed by atoms with van der Waals surface area (Å²) < 4.78 is 58.4. The molecular weight excluding hydrogens is 481 g/mol. The fourth-order valence-corrected chi connectivity index (χ4v) is 5.54. The highest BCUT2D eigenvalue weighted by Crippen LogP contribution is 2.31. The maximum absolute atomic E-state index is 14.7. The molecule has 182 valence electrons. The molecule has 0 aliphatic carbocycles. The summed E-state index contributed by atoms with van der Waals surface area (Å²) in [4.78, 5) is 21.5. The largest absolute Gasteiger partial charge is 0.363 e. The number of fused-ring (bicyclic) bond motifs is 1. The van der Waals surface area contributed by atoms with Crippen molar-refractivity contribution in [2.75, 3.05) is 16.8 Å². The minimum absolute atomic E-state index is 0.0469. The molecule has 2 aromatic heterocycles. The molecule has 0 saturated heterocycles. The number of nitrogens with zero attached hydrogens (tertiary/aromatic N) is 5. The van der Waals surface area contributed by atoms with Gasteiger partial charge in [0.2, 0.25) is 6.19 Å². The van der Waals surface area contributed by atoms with Crippen molar-refractivity contribution in [2.24, 2.45) is 11.4 Å². The average Bonchev–Trinajstić information content (AvgIpc) is 2.82. The van der Waals surface area contributed by atoms with E-state index in [-0.39, 0.29) is 22.6 Å². The molecule has 35 heavy (non-hydrogen) atoms. The van der Waals surface area contributed by atoms with Gasteiger partial charge in [0.05, 0.1) is 32.5 Å². The number of hydrogen-bond donors (Lipinski definition) is 1. The number of hydrogen-bond acceptors (Lipinski definition) is 7. The maximum Gasteiger partial charge on any atom is 0.266 e. The zero-order chi connectivity index (χ0) is 25.3. The summed E-state index contributed by atoms with van der Waals surface area (Å²) in [5, 5.41) is 12.3. The normalized spacial score (nSPS) is 18.7. The van der Waals surface area contributed by atoms with Crippen molar-refractivity contribution < 1.29 is 17.4 Å². The Bertz CT molecular complexity index is 1570. The van der Waals surface area contributed by atoms with Crippen LogP contribution in [0.3, 0.4) is 0 Å². The molecule has 0 bridgehead atoms. The van der Waals surface area contributed by atoms with Crippen molar-refractivity contribution in [3.63, 3.8) is 0 Å². The number of rotatable bonds is 5. The molecule has 3 aromatic rings. The van der Waals surface area contributed by atoms with E-state index in [9.17, 15) is 22.2 Å². The molecule has 2 unspecified atom stereocenters. The third-order valence-corrected chi connectivity index (χ3v) is 7.90. The topological polar surface area (TPSA) is 113 Å². The second kappa shape index (κ2) is 9.50. The van der Waals surface area contributed by atoms with Crippen LogP contribution in [-0.4, -0.2) is 30.2 Å². The summed E-state index contributed by atoms with van der Waals surface area (Å²) in [6.07, 6.45) is 1.84. The summed E-state index contributed by atoms with van der Waals surface area (Å²) in [6, 6.07) is 4.71. The predicted molar refractivity (Wildman–Crippen MR) is 127 cm³/mol. The van der Waals surface area contributed by atoms with E-state index >= 15 is 0 Å².